The minimum Gasteiger partial charge on any atom is -0.441 e. The second-order valence-electron chi connectivity index (χ2n) is 5.73. The number of aryl methyl sites for hydroxylation is 1. The molecule has 0 radical (unpaired) electrons. The number of hydrogen-bond acceptors (Lipinski definition) is 4. The molecule has 128 valence electrons. The lowest BCUT2D eigenvalue weighted by molar-refractivity contribution is -0.131. The topological polar surface area (TPSA) is 81.2 Å². The second-order valence-corrected chi connectivity index (χ2v) is 5.73. The summed E-state index contributed by atoms with van der Waals surface area (Å²) in [6, 6.07) is 5.87. The van der Waals surface area contributed by atoms with E-state index in [1.165, 1.54) is 0 Å². The molecule has 0 saturated carbocycles. The highest BCUT2D eigenvalue weighted by molar-refractivity contribution is 5.85. The molecule has 0 aliphatic heterocycles. The predicted octanol–water partition coefficient (Wildman–Crippen LogP) is 2.98. The van der Waals surface area contributed by atoms with Crippen molar-refractivity contribution in [2.45, 2.75) is 40.0 Å². The average molecular weight is 340 g/mol. The van der Waals surface area contributed by atoms with Gasteiger partial charge in [0.05, 0.1) is 5.41 Å². The summed E-state index contributed by atoms with van der Waals surface area (Å²) in [6.07, 6.45) is 2.07. The number of carbonyl (C=O) groups excluding carboxylic acids is 1. The normalized spacial score (nSPS) is 11.3. The standard InChI is InChI=1S/C17H25N3O2.ClH/c1-4-17(5-2,11-18)16(21)19-10-9-14-20-15-12(3)7-6-8-13(15)22-14;/h6-8H,4-5,9-11,18H2,1-3H3,(H,19,21);1H. The Kier molecular flexibility index (Phi) is 7.03. The van der Waals surface area contributed by atoms with Crippen LogP contribution in [0.1, 0.15) is 38.1 Å². The van der Waals surface area contributed by atoms with Gasteiger partial charge in [0.2, 0.25) is 5.91 Å². The molecule has 2 rings (SSSR count). The third kappa shape index (κ3) is 4.03. The van der Waals surface area contributed by atoms with Gasteiger partial charge in [-0.05, 0) is 31.4 Å². The van der Waals surface area contributed by atoms with Crippen molar-refractivity contribution < 1.29 is 9.21 Å². The van der Waals surface area contributed by atoms with Crippen LogP contribution in [0.2, 0.25) is 0 Å². The number of carbonyl (C=O) groups is 1. The largest absolute Gasteiger partial charge is 0.441 e. The average Bonchev–Trinajstić information content (AvgIpc) is 2.94. The van der Waals surface area contributed by atoms with Gasteiger partial charge in [0.15, 0.2) is 11.5 Å². The van der Waals surface area contributed by atoms with Gasteiger partial charge >= 0.3 is 0 Å². The van der Waals surface area contributed by atoms with E-state index >= 15 is 0 Å². The van der Waals surface area contributed by atoms with Crippen LogP contribution in [-0.2, 0) is 11.2 Å². The first-order chi connectivity index (χ1) is 10.6. The van der Waals surface area contributed by atoms with Crippen molar-refractivity contribution in [3.05, 3.63) is 29.7 Å². The summed E-state index contributed by atoms with van der Waals surface area (Å²) in [6.45, 7) is 6.88. The molecule has 23 heavy (non-hydrogen) atoms. The van der Waals surface area contributed by atoms with Gasteiger partial charge in [-0.1, -0.05) is 26.0 Å². The van der Waals surface area contributed by atoms with Crippen LogP contribution in [0.4, 0.5) is 0 Å². The van der Waals surface area contributed by atoms with E-state index in [2.05, 4.69) is 10.3 Å². The highest BCUT2D eigenvalue weighted by Crippen LogP contribution is 2.25. The number of rotatable bonds is 7. The lowest BCUT2D eigenvalue weighted by Gasteiger charge is -2.28. The van der Waals surface area contributed by atoms with Crippen molar-refractivity contribution in [2.24, 2.45) is 11.1 Å². The zero-order chi connectivity index (χ0) is 16.2. The molecule has 6 heteroatoms. The van der Waals surface area contributed by atoms with E-state index in [1.54, 1.807) is 0 Å². The number of amides is 1. The second kappa shape index (κ2) is 8.31. The molecule has 0 aliphatic carbocycles. The van der Waals surface area contributed by atoms with Gasteiger partial charge in [-0.2, -0.15) is 0 Å². The summed E-state index contributed by atoms with van der Waals surface area (Å²) in [4.78, 5) is 16.8. The van der Waals surface area contributed by atoms with Gasteiger partial charge in [-0.3, -0.25) is 4.79 Å². The van der Waals surface area contributed by atoms with Crippen molar-refractivity contribution in [1.82, 2.24) is 10.3 Å². The molecule has 0 unspecified atom stereocenters. The number of aromatic nitrogens is 1. The molecule has 0 aliphatic rings. The maximum atomic E-state index is 12.3. The van der Waals surface area contributed by atoms with Gasteiger partial charge in [0.25, 0.3) is 0 Å². The predicted molar refractivity (Wildman–Crippen MR) is 94.8 cm³/mol. The van der Waals surface area contributed by atoms with Crippen molar-refractivity contribution in [3.63, 3.8) is 0 Å². The molecule has 0 spiro atoms. The van der Waals surface area contributed by atoms with E-state index in [-0.39, 0.29) is 18.3 Å². The Morgan fingerprint density at radius 3 is 2.61 bits per heavy atom. The highest BCUT2D eigenvalue weighted by Gasteiger charge is 2.32. The maximum absolute atomic E-state index is 12.3. The van der Waals surface area contributed by atoms with Crippen LogP contribution >= 0.6 is 12.4 Å². The van der Waals surface area contributed by atoms with Crippen LogP contribution in [0.15, 0.2) is 22.6 Å². The lowest BCUT2D eigenvalue weighted by Crippen LogP contribution is -2.45. The lowest BCUT2D eigenvalue weighted by atomic mass is 9.81. The molecule has 2 aromatic rings. The SMILES string of the molecule is CCC(CC)(CN)C(=O)NCCc1nc2c(C)cccc2o1.Cl. The number of benzene rings is 1. The summed E-state index contributed by atoms with van der Waals surface area (Å²) < 4.78 is 5.71. The van der Waals surface area contributed by atoms with Crippen LogP contribution in [0.3, 0.4) is 0 Å². The van der Waals surface area contributed by atoms with Gasteiger partial charge < -0.3 is 15.5 Å². The van der Waals surface area contributed by atoms with Gasteiger partial charge in [0, 0.05) is 19.5 Å². The quantitative estimate of drug-likeness (QED) is 0.812. The fraction of sp³-hybridized carbons (Fsp3) is 0.529. The molecule has 5 nitrogen and oxygen atoms in total. The molecule has 1 heterocycles. The Bertz CT molecular complexity index is 642. The minimum atomic E-state index is -0.460. The van der Waals surface area contributed by atoms with Crippen molar-refractivity contribution >= 4 is 29.4 Å². The van der Waals surface area contributed by atoms with E-state index in [1.807, 2.05) is 39.0 Å². The molecule has 1 amide bonds. The number of nitrogens with zero attached hydrogens (tertiary/aromatic N) is 1. The molecule has 1 aromatic heterocycles. The highest BCUT2D eigenvalue weighted by atomic mass is 35.5. The molecular weight excluding hydrogens is 314 g/mol. The summed E-state index contributed by atoms with van der Waals surface area (Å²) in [5.41, 5.74) is 8.10. The Morgan fingerprint density at radius 1 is 1.35 bits per heavy atom. The zero-order valence-corrected chi connectivity index (χ0v) is 14.8. The van der Waals surface area contributed by atoms with Crippen LogP contribution in [0.25, 0.3) is 11.1 Å². The van der Waals surface area contributed by atoms with Crippen molar-refractivity contribution in [2.75, 3.05) is 13.1 Å². The molecular formula is C17H26ClN3O2. The van der Waals surface area contributed by atoms with Gasteiger partial charge in [-0.15, -0.1) is 12.4 Å². The molecule has 3 N–H and O–H groups in total. The molecule has 0 bridgehead atoms. The van der Waals surface area contributed by atoms with E-state index in [0.29, 0.717) is 25.4 Å². The van der Waals surface area contributed by atoms with E-state index in [9.17, 15) is 4.79 Å². The third-order valence-corrected chi connectivity index (χ3v) is 4.52. The smallest absolute Gasteiger partial charge is 0.227 e. The van der Waals surface area contributed by atoms with E-state index in [4.69, 9.17) is 10.2 Å². The van der Waals surface area contributed by atoms with Crippen LogP contribution in [-0.4, -0.2) is 24.0 Å². The van der Waals surface area contributed by atoms with Crippen LogP contribution < -0.4 is 11.1 Å². The number of halogens is 1. The maximum Gasteiger partial charge on any atom is 0.227 e. The molecule has 0 atom stereocenters. The number of para-hydroxylation sites is 1. The van der Waals surface area contributed by atoms with Crippen molar-refractivity contribution in [1.29, 1.82) is 0 Å². The zero-order valence-electron chi connectivity index (χ0n) is 14.0. The molecule has 0 fully saturated rings. The number of oxazole rings is 1. The number of nitrogens with two attached hydrogens (primary N) is 1. The first-order valence-corrected chi connectivity index (χ1v) is 7.89. The van der Waals surface area contributed by atoms with Gasteiger partial charge in [0.1, 0.15) is 5.52 Å². The summed E-state index contributed by atoms with van der Waals surface area (Å²) in [7, 11) is 0. The van der Waals surface area contributed by atoms with Crippen molar-refractivity contribution in [3.8, 4) is 0 Å². The minimum absolute atomic E-state index is 0. The first kappa shape index (κ1) is 19.5. The Labute approximate surface area is 143 Å². The number of hydrogen-bond donors (Lipinski definition) is 2. The Hall–Kier alpha value is -1.59. The van der Waals surface area contributed by atoms with E-state index in [0.717, 1.165) is 29.5 Å². The summed E-state index contributed by atoms with van der Waals surface area (Å²) in [5.74, 6) is 0.670. The van der Waals surface area contributed by atoms with E-state index < -0.39 is 5.41 Å². The van der Waals surface area contributed by atoms with Crippen LogP contribution in [0.5, 0.6) is 0 Å². The Balaban J connectivity index is 0.00000264. The van der Waals surface area contributed by atoms with Crippen LogP contribution in [0, 0.1) is 12.3 Å². The first-order valence-electron chi connectivity index (χ1n) is 7.89. The fourth-order valence-electron chi connectivity index (χ4n) is 2.66. The monoisotopic (exact) mass is 339 g/mol. The summed E-state index contributed by atoms with van der Waals surface area (Å²) in [5, 5.41) is 2.96. The molecule has 0 saturated heterocycles. The fourth-order valence-corrected chi connectivity index (χ4v) is 2.66. The Morgan fingerprint density at radius 2 is 2.04 bits per heavy atom. The van der Waals surface area contributed by atoms with Gasteiger partial charge in [-0.25, -0.2) is 4.98 Å². The third-order valence-electron chi connectivity index (χ3n) is 4.52. The number of fused-ring (bicyclic) bond motifs is 1. The number of nitrogens with one attached hydrogen (secondary N) is 1. The molecule has 1 aromatic carbocycles. The summed E-state index contributed by atoms with van der Waals surface area (Å²) >= 11 is 0.